The Morgan fingerprint density at radius 2 is 1.96 bits per heavy atom. The average Bonchev–Trinajstić information content (AvgIpc) is 3.09. The number of carbonyl (C=O) groups excluding carboxylic acids is 2. The second-order valence-corrected chi connectivity index (χ2v) is 5.94. The van der Waals surface area contributed by atoms with Gasteiger partial charge in [-0.2, -0.15) is 5.10 Å². The predicted molar refractivity (Wildman–Crippen MR) is 95.8 cm³/mol. The fourth-order valence-electron chi connectivity index (χ4n) is 2.30. The molecule has 1 N–H and O–H groups in total. The smallest absolute Gasteiger partial charge is 0.338 e. The highest BCUT2D eigenvalue weighted by molar-refractivity contribution is 5.93. The summed E-state index contributed by atoms with van der Waals surface area (Å²) in [5.41, 5.74) is -0.431. The number of hydrogen-bond donors (Lipinski definition) is 1. The Hall–Kier alpha value is -3.43. The second-order valence-electron chi connectivity index (χ2n) is 5.94. The third-order valence-electron chi connectivity index (χ3n) is 3.66. The van der Waals surface area contributed by atoms with E-state index in [0.29, 0.717) is 5.82 Å². The Morgan fingerprint density at radius 1 is 1.26 bits per heavy atom. The summed E-state index contributed by atoms with van der Waals surface area (Å²) >= 11 is 0. The van der Waals surface area contributed by atoms with Crippen molar-refractivity contribution in [1.29, 1.82) is 0 Å². The molecule has 1 atom stereocenters. The third kappa shape index (κ3) is 4.60. The van der Waals surface area contributed by atoms with Gasteiger partial charge in [0.05, 0.1) is 23.8 Å². The Morgan fingerprint density at radius 3 is 2.56 bits per heavy atom. The summed E-state index contributed by atoms with van der Waals surface area (Å²) < 4.78 is 11.6. The van der Waals surface area contributed by atoms with E-state index in [1.807, 2.05) is 13.8 Å². The maximum atomic E-state index is 12.4. The Bertz CT molecular complexity index is 861. The molecule has 0 saturated carbocycles. The highest BCUT2D eigenvalue weighted by atomic mass is 16.6. The summed E-state index contributed by atoms with van der Waals surface area (Å²) in [6, 6.07) is 5.30. The molecule has 1 heterocycles. The second kappa shape index (κ2) is 8.30. The molecule has 1 aromatic heterocycles. The third-order valence-corrected chi connectivity index (χ3v) is 3.66. The summed E-state index contributed by atoms with van der Waals surface area (Å²) in [6.07, 6.45) is 0.528. The van der Waals surface area contributed by atoms with Crippen molar-refractivity contribution >= 4 is 23.4 Å². The lowest BCUT2D eigenvalue weighted by Crippen LogP contribution is -2.31. The van der Waals surface area contributed by atoms with Gasteiger partial charge in [-0.3, -0.25) is 14.9 Å². The average molecular weight is 376 g/mol. The van der Waals surface area contributed by atoms with E-state index < -0.39 is 28.6 Å². The standard InChI is InChI=1S/C17H20N4O6/c1-10(2)20-15(7-8-18-20)19-16(22)11(3)27-14-6-5-12(17(23)26-4)9-13(14)21(24)25/h5-11H,1-4H3,(H,19,22)/t11-/m1/s1. The van der Waals surface area contributed by atoms with Crippen molar-refractivity contribution in [2.75, 3.05) is 12.4 Å². The summed E-state index contributed by atoms with van der Waals surface area (Å²) in [4.78, 5) is 34.5. The van der Waals surface area contributed by atoms with Crippen LogP contribution in [0.1, 0.15) is 37.2 Å². The molecule has 0 aliphatic heterocycles. The van der Waals surface area contributed by atoms with Crippen LogP contribution in [-0.2, 0) is 9.53 Å². The van der Waals surface area contributed by atoms with Crippen molar-refractivity contribution in [2.45, 2.75) is 32.9 Å². The molecule has 0 unspecified atom stereocenters. The van der Waals surface area contributed by atoms with Crippen LogP contribution in [0.3, 0.4) is 0 Å². The van der Waals surface area contributed by atoms with Crippen molar-refractivity contribution < 1.29 is 24.0 Å². The largest absolute Gasteiger partial charge is 0.474 e. The van der Waals surface area contributed by atoms with Gasteiger partial charge in [-0.15, -0.1) is 0 Å². The fourth-order valence-corrected chi connectivity index (χ4v) is 2.30. The number of rotatable bonds is 7. The number of aromatic nitrogens is 2. The monoisotopic (exact) mass is 376 g/mol. The Kier molecular flexibility index (Phi) is 6.11. The number of ether oxygens (including phenoxy) is 2. The number of esters is 1. The maximum Gasteiger partial charge on any atom is 0.338 e. The summed E-state index contributed by atoms with van der Waals surface area (Å²) in [5.74, 6) is -0.852. The zero-order valence-electron chi connectivity index (χ0n) is 15.3. The normalized spacial score (nSPS) is 11.7. The summed E-state index contributed by atoms with van der Waals surface area (Å²) in [6.45, 7) is 5.28. The Balaban J connectivity index is 2.17. The predicted octanol–water partition coefficient (Wildman–Crippen LogP) is 2.56. The van der Waals surface area contributed by atoms with Gasteiger partial charge in [0, 0.05) is 18.2 Å². The first kappa shape index (κ1) is 19.9. The quantitative estimate of drug-likeness (QED) is 0.447. The SMILES string of the molecule is COC(=O)c1ccc(O[C@H](C)C(=O)Nc2ccnn2C(C)C)c([N+](=O)[O-])c1. The maximum absolute atomic E-state index is 12.4. The van der Waals surface area contributed by atoms with Crippen LogP contribution in [0.2, 0.25) is 0 Å². The Labute approximate surface area is 155 Å². The number of anilines is 1. The molecular formula is C17H20N4O6. The minimum Gasteiger partial charge on any atom is -0.474 e. The number of nitro benzene ring substituents is 1. The highest BCUT2D eigenvalue weighted by Gasteiger charge is 2.24. The molecule has 0 radical (unpaired) electrons. The fraction of sp³-hybridized carbons (Fsp3) is 0.353. The van der Waals surface area contributed by atoms with Crippen LogP contribution in [0.25, 0.3) is 0 Å². The number of hydrogen-bond acceptors (Lipinski definition) is 7. The molecule has 0 aliphatic rings. The van der Waals surface area contributed by atoms with Crippen LogP contribution in [0.4, 0.5) is 11.5 Å². The number of nitro groups is 1. The number of methoxy groups -OCH3 is 1. The summed E-state index contributed by atoms with van der Waals surface area (Å²) in [7, 11) is 1.17. The number of benzene rings is 1. The van der Waals surface area contributed by atoms with E-state index in [9.17, 15) is 19.7 Å². The van der Waals surface area contributed by atoms with Gasteiger partial charge in [-0.1, -0.05) is 0 Å². The van der Waals surface area contributed by atoms with Gasteiger partial charge in [0.25, 0.3) is 5.91 Å². The van der Waals surface area contributed by atoms with Crippen molar-refractivity contribution in [3.8, 4) is 5.75 Å². The molecule has 1 amide bonds. The first-order chi connectivity index (χ1) is 12.7. The van der Waals surface area contributed by atoms with Crippen molar-refractivity contribution in [2.24, 2.45) is 0 Å². The van der Waals surface area contributed by atoms with Crippen LogP contribution in [-0.4, -0.2) is 39.8 Å². The lowest BCUT2D eigenvalue weighted by atomic mass is 10.2. The van der Waals surface area contributed by atoms with E-state index in [0.717, 1.165) is 6.07 Å². The van der Waals surface area contributed by atoms with Gasteiger partial charge in [-0.25, -0.2) is 9.48 Å². The van der Waals surface area contributed by atoms with Gasteiger partial charge >= 0.3 is 11.7 Å². The zero-order chi connectivity index (χ0) is 20.1. The van der Waals surface area contributed by atoms with Gasteiger partial charge < -0.3 is 14.8 Å². The van der Waals surface area contributed by atoms with Crippen molar-refractivity contribution in [3.05, 3.63) is 46.1 Å². The molecule has 27 heavy (non-hydrogen) atoms. The summed E-state index contributed by atoms with van der Waals surface area (Å²) in [5, 5.41) is 18.1. The molecule has 0 spiro atoms. The highest BCUT2D eigenvalue weighted by Crippen LogP contribution is 2.29. The van der Waals surface area contributed by atoms with Gasteiger partial charge in [0.15, 0.2) is 11.9 Å². The van der Waals surface area contributed by atoms with Crippen molar-refractivity contribution in [3.63, 3.8) is 0 Å². The molecule has 144 valence electrons. The van der Waals surface area contributed by atoms with Gasteiger partial charge in [0.2, 0.25) is 0 Å². The topological polar surface area (TPSA) is 126 Å². The van der Waals surface area contributed by atoms with Crippen LogP contribution >= 0.6 is 0 Å². The minimum atomic E-state index is -1.02. The molecule has 2 aromatic rings. The minimum absolute atomic E-state index is 0.00879. The lowest BCUT2D eigenvalue weighted by molar-refractivity contribution is -0.386. The van der Waals surface area contributed by atoms with Crippen molar-refractivity contribution in [1.82, 2.24) is 9.78 Å². The first-order valence-corrected chi connectivity index (χ1v) is 8.12. The van der Waals surface area contributed by atoms with E-state index in [4.69, 9.17) is 4.74 Å². The molecule has 0 fully saturated rings. The number of amides is 1. The van der Waals surface area contributed by atoms with Crippen LogP contribution < -0.4 is 10.1 Å². The van der Waals surface area contributed by atoms with Crippen LogP contribution in [0, 0.1) is 10.1 Å². The van der Waals surface area contributed by atoms with E-state index in [1.54, 1.807) is 16.9 Å². The number of nitrogens with zero attached hydrogens (tertiary/aromatic N) is 3. The first-order valence-electron chi connectivity index (χ1n) is 8.12. The van der Waals surface area contributed by atoms with E-state index >= 15 is 0 Å². The van der Waals surface area contributed by atoms with Gasteiger partial charge in [0.1, 0.15) is 5.82 Å². The lowest BCUT2D eigenvalue weighted by Gasteiger charge is -2.16. The van der Waals surface area contributed by atoms with Crippen LogP contribution in [0.5, 0.6) is 5.75 Å². The molecule has 10 heteroatoms. The van der Waals surface area contributed by atoms with Gasteiger partial charge in [-0.05, 0) is 32.9 Å². The molecule has 0 aliphatic carbocycles. The van der Waals surface area contributed by atoms with Crippen LogP contribution in [0.15, 0.2) is 30.5 Å². The number of carbonyl (C=O) groups is 2. The van der Waals surface area contributed by atoms with E-state index in [2.05, 4.69) is 15.2 Å². The molecular weight excluding hydrogens is 356 g/mol. The number of nitrogens with one attached hydrogen (secondary N) is 1. The molecule has 0 bridgehead atoms. The molecule has 0 saturated heterocycles. The van der Waals surface area contributed by atoms with E-state index in [-0.39, 0.29) is 17.4 Å². The molecule has 10 nitrogen and oxygen atoms in total. The molecule has 2 rings (SSSR count). The molecule has 1 aromatic carbocycles. The zero-order valence-corrected chi connectivity index (χ0v) is 15.3. The van der Waals surface area contributed by atoms with E-state index in [1.165, 1.54) is 26.2 Å².